The van der Waals surface area contributed by atoms with Crippen LogP contribution < -0.4 is 5.32 Å². The molecule has 0 saturated carbocycles. The topological polar surface area (TPSA) is 49.4 Å². The summed E-state index contributed by atoms with van der Waals surface area (Å²) in [5.74, 6) is -0.682. The van der Waals surface area contributed by atoms with Gasteiger partial charge in [0.25, 0.3) is 0 Å². The highest BCUT2D eigenvalue weighted by atomic mass is 32.2. The molecule has 118 valence electrons. The smallest absolute Gasteiger partial charge is 0.246 e. The van der Waals surface area contributed by atoms with Gasteiger partial charge in [0.05, 0.1) is 0 Å². The van der Waals surface area contributed by atoms with Gasteiger partial charge in [-0.1, -0.05) is 25.5 Å². The number of sulfonamides is 1. The second-order valence-electron chi connectivity index (χ2n) is 5.44. The van der Waals surface area contributed by atoms with Gasteiger partial charge < -0.3 is 5.32 Å². The van der Waals surface area contributed by atoms with Gasteiger partial charge in [-0.25, -0.2) is 12.8 Å². The third-order valence-corrected chi connectivity index (χ3v) is 5.70. The maximum Gasteiger partial charge on any atom is 0.246 e. The molecule has 1 aliphatic rings. The molecular weight excluding hydrogens is 291 g/mol. The highest BCUT2D eigenvalue weighted by molar-refractivity contribution is 7.89. The van der Waals surface area contributed by atoms with Crippen molar-refractivity contribution in [1.29, 1.82) is 0 Å². The van der Waals surface area contributed by atoms with Crippen LogP contribution in [0.15, 0.2) is 29.2 Å². The maximum absolute atomic E-state index is 13.9. The van der Waals surface area contributed by atoms with E-state index in [-0.39, 0.29) is 10.9 Å². The Hall–Kier alpha value is -0.980. The third kappa shape index (κ3) is 4.02. The Balaban J connectivity index is 2.23. The molecule has 1 fully saturated rings. The van der Waals surface area contributed by atoms with Crippen LogP contribution in [0.5, 0.6) is 0 Å². The summed E-state index contributed by atoms with van der Waals surface area (Å²) in [6, 6.07) is 5.76. The minimum atomic E-state index is -3.77. The molecule has 21 heavy (non-hydrogen) atoms. The lowest BCUT2D eigenvalue weighted by atomic mass is 10.2. The molecule has 1 saturated heterocycles. The molecule has 0 aliphatic carbocycles. The first-order valence-corrected chi connectivity index (χ1v) is 8.97. The van der Waals surface area contributed by atoms with E-state index in [1.54, 1.807) is 6.07 Å². The third-order valence-electron chi connectivity index (χ3n) is 3.80. The molecule has 1 aromatic rings. The predicted octanol–water partition coefficient (Wildman–Crippen LogP) is 2.37. The van der Waals surface area contributed by atoms with Gasteiger partial charge in [-0.15, -0.1) is 0 Å². The summed E-state index contributed by atoms with van der Waals surface area (Å²) in [6.07, 6.45) is 3.71. The fourth-order valence-corrected chi connectivity index (χ4v) is 4.18. The van der Waals surface area contributed by atoms with Gasteiger partial charge in [0, 0.05) is 19.1 Å². The van der Waals surface area contributed by atoms with E-state index in [4.69, 9.17) is 0 Å². The summed E-state index contributed by atoms with van der Waals surface area (Å²) in [6.45, 7) is 3.79. The standard InChI is InChI=1S/C15H23FN2O2S/c1-2-3-11-18(12-13-7-6-10-17-13)21(19,20)15-9-5-4-8-14(15)16/h4-5,8-9,13,17H,2-3,6-7,10-12H2,1H3. The Bertz CT molecular complexity index is 557. The number of hydrogen-bond donors (Lipinski definition) is 1. The summed E-state index contributed by atoms with van der Waals surface area (Å²) in [4.78, 5) is -0.223. The lowest BCUT2D eigenvalue weighted by Gasteiger charge is -2.25. The molecule has 1 heterocycles. The van der Waals surface area contributed by atoms with Gasteiger partial charge in [0.15, 0.2) is 0 Å². The Morgan fingerprint density at radius 1 is 1.38 bits per heavy atom. The Labute approximate surface area is 126 Å². The van der Waals surface area contributed by atoms with E-state index < -0.39 is 15.8 Å². The fourth-order valence-electron chi connectivity index (χ4n) is 2.60. The Morgan fingerprint density at radius 3 is 2.76 bits per heavy atom. The lowest BCUT2D eigenvalue weighted by Crippen LogP contribution is -2.41. The minimum Gasteiger partial charge on any atom is -0.313 e. The van der Waals surface area contributed by atoms with E-state index >= 15 is 0 Å². The van der Waals surface area contributed by atoms with Gasteiger partial charge >= 0.3 is 0 Å². The largest absolute Gasteiger partial charge is 0.313 e. The number of hydrogen-bond acceptors (Lipinski definition) is 3. The average Bonchev–Trinajstić information content (AvgIpc) is 2.96. The molecule has 0 radical (unpaired) electrons. The van der Waals surface area contributed by atoms with Gasteiger partial charge in [-0.2, -0.15) is 4.31 Å². The Morgan fingerprint density at radius 2 is 2.14 bits per heavy atom. The summed E-state index contributed by atoms with van der Waals surface area (Å²) in [5.41, 5.74) is 0. The van der Waals surface area contributed by atoms with Crippen LogP contribution in [0, 0.1) is 5.82 Å². The molecular formula is C15H23FN2O2S. The molecule has 2 rings (SSSR count). The molecule has 1 N–H and O–H groups in total. The highest BCUT2D eigenvalue weighted by Crippen LogP contribution is 2.21. The van der Waals surface area contributed by atoms with Crippen LogP contribution in [0.4, 0.5) is 4.39 Å². The number of rotatable bonds is 7. The molecule has 0 aromatic heterocycles. The van der Waals surface area contributed by atoms with Crippen LogP contribution in [0.3, 0.4) is 0 Å². The quantitative estimate of drug-likeness (QED) is 0.840. The van der Waals surface area contributed by atoms with Crippen LogP contribution in [-0.2, 0) is 10.0 Å². The van der Waals surface area contributed by atoms with E-state index in [2.05, 4.69) is 5.32 Å². The van der Waals surface area contributed by atoms with Crippen molar-refractivity contribution in [3.8, 4) is 0 Å². The van der Waals surface area contributed by atoms with Crippen LogP contribution in [-0.4, -0.2) is 38.4 Å². The summed E-state index contributed by atoms with van der Waals surface area (Å²) in [5, 5.41) is 3.30. The van der Waals surface area contributed by atoms with Crippen molar-refractivity contribution in [2.75, 3.05) is 19.6 Å². The fraction of sp³-hybridized carbons (Fsp3) is 0.600. The molecule has 1 aromatic carbocycles. The van der Waals surface area contributed by atoms with Crippen molar-refractivity contribution in [2.45, 2.75) is 43.5 Å². The summed E-state index contributed by atoms with van der Waals surface area (Å²) < 4.78 is 40.7. The molecule has 1 atom stereocenters. The van der Waals surface area contributed by atoms with Crippen LogP contribution >= 0.6 is 0 Å². The van der Waals surface area contributed by atoms with Crippen molar-refractivity contribution in [3.63, 3.8) is 0 Å². The van der Waals surface area contributed by atoms with Crippen molar-refractivity contribution in [1.82, 2.24) is 9.62 Å². The monoisotopic (exact) mass is 314 g/mol. The molecule has 0 bridgehead atoms. The van der Waals surface area contributed by atoms with Crippen molar-refractivity contribution in [3.05, 3.63) is 30.1 Å². The highest BCUT2D eigenvalue weighted by Gasteiger charge is 2.29. The molecule has 0 spiro atoms. The maximum atomic E-state index is 13.9. The number of unbranched alkanes of at least 4 members (excludes halogenated alkanes) is 1. The molecule has 0 amide bonds. The van der Waals surface area contributed by atoms with E-state index in [0.717, 1.165) is 32.2 Å². The number of nitrogens with zero attached hydrogens (tertiary/aromatic N) is 1. The normalized spacial score (nSPS) is 19.3. The minimum absolute atomic E-state index is 0.170. The average molecular weight is 314 g/mol. The molecule has 1 unspecified atom stereocenters. The first-order chi connectivity index (χ1) is 10.1. The molecule has 6 heteroatoms. The zero-order chi connectivity index (χ0) is 15.3. The van der Waals surface area contributed by atoms with Crippen LogP contribution in [0.25, 0.3) is 0 Å². The summed E-state index contributed by atoms with van der Waals surface area (Å²) in [7, 11) is -3.77. The Kier molecular flexibility index (Phi) is 5.72. The lowest BCUT2D eigenvalue weighted by molar-refractivity contribution is 0.362. The van der Waals surface area contributed by atoms with Crippen molar-refractivity contribution >= 4 is 10.0 Å². The first-order valence-electron chi connectivity index (χ1n) is 7.53. The predicted molar refractivity (Wildman–Crippen MR) is 81.1 cm³/mol. The van der Waals surface area contributed by atoms with Gasteiger partial charge in [-0.3, -0.25) is 0 Å². The number of halogens is 1. The number of nitrogens with one attached hydrogen (secondary N) is 1. The summed E-state index contributed by atoms with van der Waals surface area (Å²) >= 11 is 0. The zero-order valence-corrected chi connectivity index (χ0v) is 13.2. The van der Waals surface area contributed by atoms with Gasteiger partial charge in [-0.05, 0) is 37.9 Å². The van der Waals surface area contributed by atoms with Crippen LogP contribution in [0.2, 0.25) is 0 Å². The van der Waals surface area contributed by atoms with Crippen molar-refractivity contribution in [2.24, 2.45) is 0 Å². The van der Waals surface area contributed by atoms with E-state index in [9.17, 15) is 12.8 Å². The molecule has 4 nitrogen and oxygen atoms in total. The van der Waals surface area contributed by atoms with Crippen LogP contribution in [0.1, 0.15) is 32.6 Å². The van der Waals surface area contributed by atoms with E-state index in [0.29, 0.717) is 13.1 Å². The van der Waals surface area contributed by atoms with E-state index in [1.165, 1.54) is 22.5 Å². The first kappa shape index (κ1) is 16.4. The zero-order valence-electron chi connectivity index (χ0n) is 12.4. The van der Waals surface area contributed by atoms with Gasteiger partial charge in [0.1, 0.15) is 10.7 Å². The number of benzene rings is 1. The van der Waals surface area contributed by atoms with E-state index in [1.807, 2.05) is 6.92 Å². The second kappa shape index (κ2) is 7.33. The molecule has 1 aliphatic heterocycles. The SMILES string of the molecule is CCCCN(CC1CCCN1)S(=O)(=O)c1ccccc1F. The second-order valence-corrected chi connectivity index (χ2v) is 7.35. The van der Waals surface area contributed by atoms with Crippen molar-refractivity contribution < 1.29 is 12.8 Å². The van der Waals surface area contributed by atoms with Gasteiger partial charge in [0.2, 0.25) is 10.0 Å².